The molecular weight excluding hydrogens is 371 g/mol. The minimum Gasteiger partial charge on any atom is -0.382 e. The number of hydrogen-bond acceptors (Lipinski definition) is 2. The predicted molar refractivity (Wildman–Crippen MR) is 95.4 cm³/mol. The van der Waals surface area contributed by atoms with E-state index in [0.29, 0.717) is 12.2 Å². The number of hydrogen-bond donors (Lipinski definition) is 1. The first-order valence-electron chi connectivity index (χ1n) is 7.64. The summed E-state index contributed by atoms with van der Waals surface area (Å²) in [5.74, 6) is -0.570. The molecule has 0 saturated heterocycles. The van der Waals surface area contributed by atoms with Crippen molar-refractivity contribution in [1.29, 1.82) is 0 Å². The van der Waals surface area contributed by atoms with Gasteiger partial charge in [-0.05, 0) is 48.0 Å². The Morgan fingerprint density at radius 3 is 2.46 bits per heavy atom. The van der Waals surface area contributed by atoms with E-state index < -0.39 is 0 Å². The number of carbonyl (C=O) groups excluding carboxylic acids is 1. The van der Waals surface area contributed by atoms with Gasteiger partial charge < -0.3 is 9.88 Å². The number of anilines is 1. The van der Waals surface area contributed by atoms with Crippen molar-refractivity contribution in [1.82, 2.24) is 4.57 Å². The molecule has 3 nitrogen and oxygen atoms in total. The largest absolute Gasteiger partial charge is 0.382 e. The molecule has 1 N–H and O–H groups in total. The molecule has 0 bridgehead atoms. The lowest BCUT2D eigenvalue weighted by Crippen LogP contribution is -2.29. The molecule has 5 heteroatoms. The van der Waals surface area contributed by atoms with E-state index in [1.54, 1.807) is 12.1 Å². The predicted octanol–water partition coefficient (Wildman–Crippen LogP) is 4.77. The first-order valence-corrected chi connectivity index (χ1v) is 8.43. The minimum absolute atomic E-state index is 0.0447. The molecule has 0 amide bonds. The van der Waals surface area contributed by atoms with Gasteiger partial charge in [0.25, 0.3) is 0 Å². The number of nitrogens with zero attached hydrogens (tertiary/aromatic N) is 1. The molecule has 0 saturated carbocycles. The number of ketones is 1. The second-order valence-electron chi connectivity index (χ2n) is 5.77. The van der Waals surface area contributed by atoms with Crippen LogP contribution in [0.2, 0.25) is 0 Å². The number of Topliss-reactive ketones (excluding diaryl/α,β-unsaturated/α-hetero) is 1. The number of nitrogens with one attached hydrogen (secondary N) is 1. The number of benzene rings is 2. The van der Waals surface area contributed by atoms with Crippen LogP contribution >= 0.6 is 15.9 Å². The second kappa shape index (κ2) is 5.91. The van der Waals surface area contributed by atoms with Crippen LogP contribution in [0.1, 0.15) is 22.0 Å². The van der Waals surface area contributed by atoms with Gasteiger partial charge in [-0.3, -0.25) is 4.79 Å². The second-order valence-corrected chi connectivity index (χ2v) is 6.69. The third-order valence-corrected chi connectivity index (χ3v) is 4.84. The lowest BCUT2D eigenvalue weighted by molar-refractivity contribution is 0.0953. The average molecular weight is 385 g/mol. The summed E-state index contributed by atoms with van der Waals surface area (Å²) in [5, 5.41) is 3.31. The summed E-state index contributed by atoms with van der Waals surface area (Å²) < 4.78 is 16.0. The topological polar surface area (TPSA) is 34.0 Å². The molecule has 2 heterocycles. The van der Waals surface area contributed by atoms with Crippen LogP contribution in [0.3, 0.4) is 0 Å². The van der Waals surface area contributed by atoms with Gasteiger partial charge in [-0.15, -0.1) is 0 Å². The van der Waals surface area contributed by atoms with Crippen molar-refractivity contribution < 1.29 is 9.18 Å². The summed E-state index contributed by atoms with van der Waals surface area (Å²) in [4.78, 5) is 13.1. The van der Waals surface area contributed by atoms with Gasteiger partial charge in [-0.1, -0.05) is 28.1 Å². The van der Waals surface area contributed by atoms with E-state index >= 15 is 0 Å². The third-order valence-electron chi connectivity index (χ3n) is 4.31. The Kier molecular flexibility index (Phi) is 3.73. The van der Waals surface area contributed by atoms with Gasteiger partial charge in [0.2, 0.25) is 0 Å². The third kappa shape index (κ3) is 2.55. The van der Waals surface area contributed by atoms with Crippen LogP contribution in [0.5, 0.6) is 0 Å². The van der Waals surface area contributed by atoms with Crippen LogP contribution < -0.4 is 5.32 Å². The molecule has 0 fully saturated rings. The number of fused-ring (bicyclic) bond motifs is 1. The van der Waals surface area contributed by atoms with E-state index in [1.807, 2.05) is 41.1 Å². The van der Waals surface area contributed by atoms with Crippen molar-refractivity contribution >= 4 is 27.4 Å². The average Bonchev–Trinajstić information content (AvgIpc) is 3.02. The molecule has 1 aliphatic rings. The van der Waals surface area contributed by atoms with Crippen molar-refractivity contribution in [2.45, 2.75) is 5.92 Å². The van der Waals surface area contributed by atoms with Gasteiger partial charge in [0.15, 0.2) is 5.78 Å². The number of halogens is 2. The smallest absolute Gasteiger partial charge is 0.190 e. The number of rotatable bonds is 2. The Morgan fingerprint density at radius 1 is 1.04 bits per heavy atom. The van der Waals surface area contributed by atoms with Crippen LogP contribution in [-0.4, -0.2) is 16.9 Å². The molecule has 24 heavy (non-hydrogen) atoms. The van der Waals surface area contributed by atoms with Gasteiger partial charge in [0, 0.05) is 22.9 Å². The SMILES string of the molecule is O=C1c2c(ccn2-c2ccc(Br)cc2)NCC1c1ccc(F)cc1. The minimum atomic E-state index is -0.317. The number of carbonyl (C=O) groups is 1. The zero-order chi connectivity index (χ0) is 16.7. The van der Waals surface area contributed by atoms with E-state index in [2.05, 4.69) is 21.2 Å². The summed E-state index contributed by atoms with van der Waals surface area (Å²) in [6, 6.07) is 15.9. The van der Waals surface area contributed by atoms with E-state index in [0.717, 1.165) is 21.4 Å². The fourth-order valence-corrected chi connectivity index (χ4v) is 3.34. The maximum Gasteiger partial charge on any atom is 0.190 e. The summed E-state index contributed by atoms with van der Waals surface area (Å²) in [5.41, 5.74) is 3.22. The van der Waals surface area contributed by atoms with E-state index in [4.69, 9.17) is 0 Å². The highest BCUT2D eigenvalue weighted by Crippen LogP contribution is 2.33. The molecule has 2 aromatic carbocycles. The highest BCUT2D eigenvalue weighted by Gasteiger charge is 2.31. The summed E-state index contributed by atoms with van der Waals surface area (Å²) in [6.45, 7) is 0.516. The van der Waals surface area contributed by atoms with E-state index in [-0.39, 0.29) is 17.5 Å². The van der Waals surface area contributed by atoms with Crippen molar-refractivity contribution in [2.75, 3.05) is 11.9 Å². The van der Waals surface area contributed by atoms with Gasteiger partial charge in [0.1, 0.15) is 11.5 Å². The molecule has 0 radical (unpaired) electrons. The molecule has 1 aliphatic heterocycles. The highest BCUT2D eigenvalue weighted by atomic mass is 79.9. The molecule has 120 valence electrons. The van der Waals surface area contributed by atoms with Gasteiger partial charge in [-0.25, -0.2) is 4.39 Å². The zero-order valence-corrected chi connectivity index (χ0v) is 14.3. The van der Waals surface area contributed by atoms with Gasteiger partial charge in [-0.2, -0.15) is 0 Å². The fraction of sp³-hybridized carbons (Fsp3) is 0.105. The number of aromatic nitrogens is 1. The van der Waals surface area contributed by atoms with E-state index in [1.165, 1.54) is 12.1 Å². The van der Waals surface area contributed by atoms with Gasteiger partial charge >= 0.3 is 0 Å². The van der Waals surface area contributed by atoms with E-state index in [9.17, 15) is 9.18 Å². The Hall–Kier alpha value is -2.40. The quantitative estimate of drug-likeness (QED) is 0.690. The molecular formula is C19H14BrFN2O. The Labute approximate surface area is 147 Å². The standard InChI is InChI=1S/C19H14BrFN2O/c20-13-3-7-15(8-4-13)23-10-9-17-18(23)19(24)16(11-22-17)12-1-5-14(21)6-2-12/h1-10,16,22H,11H2. The van der Waals surface area contributed by atoms with Crippen molar-refractivity contribution in [3.63, 3.8) is 0 Å². The first kappa shape index (κ1) is 15.1. The Bertz CT molecular complexity index is 900. The molecule has 3 aromatic rings. The van der Waals surface area contributed by atoms with Crippen molar-refractivity contribution in [2.24, 2.45) is 0 Å². The molecule has 0 spiro atoms. The summed E-state index contributed by atoms with van der Waals surface area (Å²) in [6.07, 6.45) is 1.89. The Balaban J connectivity index is 1.75. The monoisotopic (exact) mass is 384 g/mol. The van der Waals surface area contributed by atoms with Gasteiger partial charge in [0.05, 0.1) is 11.6 Å². The maximum atomic E-state index is 13.1. The van der Waals surface area contributed by atoms with Crippen molar-refractivity contribution in [3.8, 4) is 5.69 Å². The van der Waals surface area contributed by atoms with Crippen LogP contribution in [0, 0.1) is 5.82 Å². The van der Waals surface area contributed by atoms with Crippen molar-refractivity contribution in [3.05, 3.63) is 82.3 Å². The molecule has 4 rings (SSSR count). The molecule has 1 aromatic heterocycles. The first-order chi connectivity index (χ1) is 11.6. The lowest BCUT2D eigenvalue weighted by atomic mass is 9.90. The highest BCUT2D eigenvalue weighted by molar-refractivity contribution is 9.10. The maximum absolute atomic E-state index is 13.1. The van der Waals surface area contributed by atoms with Crippen LogP contribution in [0.25, 0.3) is 5.69 Å². The van der Waals surface area contributed by atoms with Crippen LogP contribution in [-0.2, 0) is 0 Å². The van der Waals surface area contributed by atoms with Crippen LogP contribution in [0.15, 0.2) is 65.3 Å². The van der Waals surface area contributed by atoms with Crippen LogP contribution in [0.4, 0.5) is 10.1 Å². The summed E-state index contributed by atoms with van der Waals surface area (Å²) in [7, 11) is 0. The lowest BCUT2D eigenvalue weighted by Gasteiger charge is -2.24. The molecule has 0 aliphatic carbocycles. The Morgan fingerprint density at radius 2 is 1.75 bits per heavy atom. The summed E-state index contributed by atoms with van der Waals surface area (Å²) >= 11 is 3.42. The molecule has 1 unspecified atom stereocenters. The zero-order valence-electron chi connectivity index (χ0n) is 12.7. The molecule has 1 atom stereocenters. The normalized spacial score (nSPS) is 16.6. The fourth-order valence-electron chi connectivity index (χ4n) is 3.08.